The Labute approximate surface area is 128 Å². The maximum absolute atomic E-state index is 4.83. The van der Waals surface area contributed by atoms with Gasteiger partial charge < -0.3 is 0 Å². The molecule has 0 N–H and O–H groups in total. The molecule has 0 aliphatic carbocycles. The topological polar surface area (TPSA) is 0 Å². The molecule has 0 amide bonds. The maximum Gasteiger partial charge on any atom is 0.0101 e. The van der Waals surface area contributed by atoms with Gasteiger partial charge in [0, 0.05) is 4.75 Å². The molecule has 0 spiro atoms. The van der Waals surface area contributed by atoms with Gasteiger partial charge in [-0.3, -0.25) is 0 Å². The number of hydrogen-bond donors (Lipinski definition) is 1. The molecule has 1 unspecified atom stereocenters. The quantitative estimate of drug-likeness (QED) is 0.272. The zero-order valence-corrected chi connectivity index (χ0v) is 14.9. The monoisotopic (exact) mass is 286 g/mol. The first-order valence-corrected chi connectivity index (χ1v) is 9.19. The fourth-order valence-corrected chi connectivity index (χ4v) is 3.10. The van der Waals surface area contributed by atoms with Crippen molar-refractivity contribution in [3.05, 3.63) is 0 Å². The van der Waals surface area contributed by atoms with Crippen LogP contribution in [0.5, 0.6) is 0 Å². The fourth-order valence-electron chi connectivity index (χ4n) is 2.84. The Hall–Kier alpha value is 0.350. The van der Waals surface area contributed by atoms with Crippen molar-refractivity contribution in [2.75, 3.05) is 0 Å². The Morgan fingerprint density at radius 3 is 1.47 bits per heavy atom. The highest BCUT2D eigenvalue weighted by Gasteiger charge is 2.24. The summed E-state index contributed by atoms with van der Waals surface area (Å²) in [6.07, 6.45) is 16.8. The summed E-state index contributed by atoms with van der Waals surface area (Å²) in [4.78, 5) is 0. The summed E-state index contributed by atoms with van der Waals surface area (Å²) in [5.74, 6) is 0.805. The van der Waals surface area contributed by atoms with E-state index in [1.54, 1.807) is 0 Å². The van der Waals surface area contributed by atoms with Crippen molar-refractivity contribution < 1.29 is 0 Å². The SMILES string of the molecule is CCCCCCCCC(CCCCCC)C(C)(C)S. The van der Waals surface area contributed by atoms with Crippen LogP contribution in [-0.2, 0) is 0 Å². The molecule has 0 aliphatic heterocycles. The lowest BCUT2D eigenvalue weighted by Crippen LogP contribution is -2.24. The van der Waals surface area contributed by atoms with E-state index in [0.717, 1.165) is 5.92 Å². The van der Waals surface area contributed by atoms with E-state index >= 15 is 0 Å². The van der Waals surface area contributed by atoms with Crippen molar-refractivity contribution in [3.8, 4) is 0 Å². The van der Waals surface area contributed by atoms with E-state index in [0.29, 0.717) is 0 Å². The van der Waals surface area contributed by atoms with Gasteiger partial charge in [-0.2, -0.15) is 12.6 Å². The molecule has 1 heteroatoms. The summed E-state index contributed by atoms with van der Waals surface area (Å²) in [5, 5.41) is 0. The first-order valence-electron chi connectivity index (χ1n) is 8.74. The minimum atomic E-state index is 0.204. The minimum Gasteiger partial charge on any atom is -0.173 e. The van der Waals surface area contributed by atoms with Gasteiger partial charge in [0.25, 0.3) is 0 Å². The number of unbranched alkanes of at least 4 members (excludes halogenated alkanes) is 8. The molecule has 0 aromatic rings. The van der Waals surface area contributed by atoms with E-state index in [-0.39, 0.29) is 4.75 Å². The standard InChI is InChI=1S/C18H38S/c1-5-7-9-11-12-14-16-17(18(3,4)19)15-13-10-8-6-2/h17,19H,5-16H2,1-4H3. The van der Waals surface area contributed by atoms with Crippen LogP contribution in [0.2, 0.25) is 0 Å². The highest BCUT2D eigenvalue weighted by molar-refractivity contribution is 7.81. The van der Waals surface area contributed by atoms with Crippen LogP contribution in [-0.4, -0.2) is 4.75 Å². The molecule has 0 aromatic heterocycles. The lowest BCUT2D eigenvalue weighted by atomic mass is 9.85. The molecule has 1 atom stereocenters. The highest BCUT2D eigenvalue weighted by Crippen LogP contribution is 2.33. The summed E-state index contributed by atoms with van der Waals surface area (Å²) in [5.41, 5.74) is 0. The van der Waals surface area contributed by atoms with Crippen molar-refractivity contribution in [3.63, 3.8) is 0 Å². The van der Waals surface area contributed by atoms with E-state index in [4.69, 9.17) is 12.6 Å². The molecule has 0 nitrogen and oxygen atoms in total. The molecule has 0 rings (SSSR count). The third-order valence-electron chi connectivity index (χ3n) is 4.31. The normalized spacial score (nSPS) is 13.7. The highest BCUT2D eigenvalue weighted by atomic mass is 32.1. The van der Waals surface area contributed by atoms with Crippen molar-refractivity contribution >= 4 is 12.6 Å². The first kappa shape index (κ1) is 19.4. The summed E-state index contributed by atoms with van der Waals surface area (Å²) < 4.78 is 0.204. The summed E-state index contributed by atoms with van der Waals surface area (Å²) in [7, 11) is 0. The van der Waals surface area contributed by atoms with Gasteiger partial charge in [0.2, 0.25) is 0 Å². The van der Waals surface area contributed by atoms with Crippen LogP contribution in [0.1, 0.15) is 105 Å². The van der Waals surface area contributed by atoms with E-state index < -0.39 is 0 Å². The molecule has 0 saturated heterocycles. The summed E-state index contributed by atoms with van der Waals surface area (Å²) >= 11 is 4.83. The fraction of sp³-hybridized carbons (Fsp3) is 1.00. The van der Waals surface area contributed by atoms with Gasteiger partial charge >= 0.3 is 0 Å². The molecular formula is C18H38S. The average molecular weight is 287 g/mol. The van der Waals surface area contributed by atoms with Gasteiger partial charge in [0.1, 0.15) is 0 Å². The van der Waals surface area contributed by atoms with E-state index in [1.165, 1.54) is 77.0 Å². The first-order chi connectivity index (χ1) is 9.02. The predicted octanol–water partition coefficient (Wildman–Crippen LogP) is 7.03. The summed E-state index contributed by atoms with van der Waals surface area (Å²) in [6, 6.07) is 0. The second-order valence-electron chi connectivity index (χ2n) is 6.76. The van der Waals surface area contributed by atoms with E-state index in [2.05, 4.69) is 27.7 Å². The Balaban J connectivity index is 3.75. The Kier molecular flexibility index (Phi) is 12.3. The number of thiol groups is 1. The van der Waals surface area contributed by atoms with Crippen LogP contribution in [0.15, 0.2) is 0 Å². The molecule has 0 heterocycles. The van der Waals surface area contributed by atoms with Crippen LogP contribution in [0.3, 0.4) is 0 Å². The van der Waals surface area contributed by atoms with Gasteiger partial charge in [-0.05, 0) is 18.8 Å². The summed E-state index contributed by atoms with van der Waals surface area (Å²) in [6.45, 7) is 9.18. The zero-order chi connectivity index (χ0) is 14.6. The number of hydrogen-bond acceptors (Lipinski definition) is 1. The average Bonchev–Trinajstić information content (AvgIpc) is 2.34. The predicted molar refractivity (Wildman–Crippen MR) is 93.3 cm³/mol. The van der Waals surface area contributed by atoms with Crippen LogP contribution >= 0.6 is 12.6 Å². The van der Waals surface area contributed by atoms with Gasteiger partial charge in [-0.15, -0.1) is 0 Å². The lowest BCUT2D eigenvalue weighted by molar-refractivity contribution is 0.343. The van der Waals surface area contributed by atoms with Gasteiger partial charge in [-0.1, -0.05) is 91.9 Å². The Morgan fingerprint density at radius 2 is 1.05 bits per heavy atom. The van der Waals surface area contributed by atoms with E-state index in [9.17, 15) is 0 Å². The third-order valence-corrected chi connectivity index (χ3v) is 4.68. The van der Waals surface area contributed by atoms with Crippen molar-refractivity contribution in [1.29, 1.82) is 0 Å². The smallest absolute Gasteiger partial charge is 0.0101 e. The molecule has 19 heavy (non-hydrogen) atoms. The molecule has 0 saturated carbocycles. The second kappa shape index (κ2) is 12.1. The molecule has 0 aromatic carbocycles. The Morgan fingerprint density at radius 1 is 0.684 bits per heavy atom. The van der Waals surface area contributed by atoms with Crippen molar-refractivity contribution in [1.82, 2.24) is 0 Å². The molecule has 0 bridgehead atoms. The zero-order valence-electron chi connectivity index (χ0n) is 14.0. The maximum atomic E-state index is 4.83. The van der Waals surface area contributed by atoms with Gasteiger partial charge in [-0.25, -0.2) is 0 Å². The molecule has 116 valence electrons. The largest absolute Gasteiger partial charge is 0.173 e. The molecular weight excluding hydrogens is 248 g/mol. The van der Waals surface area contributed by atoms with Gasteiger partial charge in [0.15, 0.2) is 0 Å². The van der Waals surface area contributed by atoms with Crippen LogP contribution in [0.25, 0.3) is 0 Å². The molecule has 0 radical (unpaired) electrons. The van der Waals surface area contributed by atoms with E-state index in [1.807, 2.05) is 0 Å². The lowest BCUT2D eigenvalue weighted by Gasteiger charge is -2.30. The van der Waals surface area contributed by atoms with Crippen molar-refractivity contribution in [2.24, 2.45) is 5.92 Å². The Bertz CT molecular complexity index is 181. The van der Waals surface area contributed by atoms with Crippen molar-refractivity contribution in [2.45, 2.75) is 109 Å². The van der Waals surface area contributed by atoms with Gasteiger partial charge in [0.05, 0.1) is 0 Å². The number of rotatable bonds is 13. The molecule has 0 fully saturated rings. The minimum absolute atomic E-state index is 0.204. The second-order valence-corrected chi connectivity index (χ2v) is 7.91. The third kappa shape index (κ3) is 11.8. The molecule has 0 aliphatic rings. The van der Waals surface area contributed by atoms with Crippen LogP contribution < -0.4 is 0 Å². The van der Waals surface area contributed by atoms with Crippen LogP contribution in [0, 0.1) is 5.92 Å². The van der Waals surface area contributed by atoms with Crippen LogP contribution in [0.4, 0.5) is 0 Å².